The normalized spacial score (nSPS) is 16.3. The maximum Gasteiger partial charge on any atom is 0.305 e. The first-order valence-corrected chi connectivity index (χ1v) is 11.2. The van der Waals surface area contributed by atoms with Gasteiger partial charge < -0.3 is 25.4 Å². The van der Waals surface area contributed by atoms with Crippen molar-refractivity contribution in [3.05, 3.63) is 54.9 Å². The molecule has 0 radical (unpaired) electrons. The molecular weight excluding hydrogens is 452 g/mol. The lowest BCUT2D eigenvalue weighted by atomic mass is 10.1. The van der Waals surface area contributed by atoms with Gasteiger partial charge in [-0.3, -0.25) is 24.2 Å². The zero-order valence-electron chi connectivity index (χ0n) is 19.8. The number of rotatable bonds is 8. The number of carboxylic acids is 1. The lowest BCUT2D eigenvalue weighted by molar-refractivity contribution is -0.141. The quantitative estimate of drug-likeness (QED) is 0.383. The van der Waals surface area contributed by atoms with E-state index in [0.717, 1.165) is 5.39 Å². The summed E-state index contributed by atoms with van der Waals surface area (Å²) in [6.45, 7) is 7.09. The molecule has 2 aromatic rings. The van der Waals surface area contributed by atoms with E-state index in [-0.39, 0.29) is 5.69 Å². The summed E-state index contributed by atoms with van der Waals surface area (Å²) in [5, 5.41) is 15.3. The molecule has 0 bridgehead atoms. The number of pyridine rings is 1. The zero-order chi connectivity index (χ0) is 26.0. The van der Waals surface area contributed by atoms with Crippen molar-refractivity contribution in [2.75, 3.05) is 6.54 Å². The molecule has 0 unspecified atom stereocenters. The topological polar surface area (TPSA) is 146 Å². The van der Waals surface area contributed by atoms with E-state index in [0.29, 0.717) is 31.1 Å². The van der Waals surface area contributed by atoms with Crippen LogP contribution in [0.4, 0.5) is 0 Å². The molecule has 1 fully saturated rings. The molecule has 3 amide bonds. The number of nitrogens with one attached hydrogen (secondary N) is 2. The van der Waals surface area contributed by atoms with Crippen LogP contribution < -0.4 is 10.6 Å². The molecule has 1 aliphatic heterocycles. The molecule has 3 rings (SSSR count). The van der Waals surface area contributed by atoms with Crippen LogP contribution in [0.15, 0.2) is 49.2 Å². The number of aromatic nitrogens is 1. The van der Waals surface area contributed by atoms with Gasteiger partial charge in [0, 0.05) is 18.1 Å². The van der Waals surface area contributed by atoms with Crippen molar-refractivity contribution in [2.45, 2.75) is 51.2 Å². The zero-order valence-corrected chi connectivity index (χ0v) is 19.8. The molecule has 0 spiro atoms. The Morgan fingerprint density at radius 2 is 1.91 bits per heavy atom. The van der Waals surface area contributed by atoms with Crippen LogP contribution in [0, 0.1) is 0 Å². The predicted octanol–water partition coefficient (Wildman–Crippen LogP) is 1.69. The molecule has 3 N–H and O–H groups in total. The summed E-state index contributed by atoms with van der Waals surface area (Å²) in [5.74, 6) is -2.77. The maximum atomic E-state index is 13.0. The van der Waals surface area contributed by atoms with Crippen molar-refractivity contribution in [3.8, 4) is 0 Å². The molecule has 1 aliphatic rings. The largest absolute Gasteiger partial charge is 0.481 e. The Labute approximate surface area is 203 Å². The van der Waals surface area contributed by atoms with Crippen LogP contribution in [-0.4, -0.2) is 69.6 Å². The van der Waals surface area contributed by atoms with Gasteiger partial charge in [0.2, 0.25) is 11.8 Å². The number of carbonyl (C=O) groups excluding carboxylic acids is 4. The van der Waals surface area contributed by atoms with Crippen LogP contribution in [0.25, 0.3) is 10.8 Å². The number of carboxylic acid groups (broad SMARTS) is 1. The summed E-state index contributed by atoms with van der Waals surface area (Å²) in [6, 6.07) is 6.11. The first kappa shape index (κ1) is 27.2. The van der Waals surface area contributed by atoms with E-state index in [1.807, 2.05) is 19.1 Å². The molecule has 2 heterocycles. The fraction of sp³-hybridized carbons (Fsp3) is 0.360. The Morgan fingerprint density at radius 3 is 2.57 bits per heavy atom. The summed E-state index contributed by atoms with van der Waals surface area (Å²) < 4.78 is 0. The van der Waals surface area contributed by atoms with E-state index in [4.69, 9.17) is 5.11 Å². The highest BCUT2D eigenvalue weighted by Crippen LogP contribution is 2.20. The van der Waals surface area contributed by atoms with Crippen molar-refractivity contribution < 1.29 is 29.1 Å². The third-order valence-corrected chi connectivity index (χ3v) is 5.33. The number of nitrogens with zero attached hydrogens (tertiary/aromatic N) is 2. The smallest absolute Gasteiger partial charge is 0.305 e. The van der Waals surface area contributed by atoms with Gasteiger partial charge in [-0.25, -0.2) is 0 Å². The molecule has 1 aromatic heterocycles. The molecule has 10 heteroatoms. The number of likely N-dealkylation sites (tertiary alicyclic amines) is 1. The highest BCUT2D eigenvalue weighted by Gasteiger charge is 2.37. The summed E-state index contributed by atoms with van der Waals surface area (Å²) in [7, 11) is 0. The fourth-order valence-corrected chi connectivity index (χ4v) is 3.78. The van der Waals surface area contributed by atoms with Crippen LogP contribution in [0.2, 0.25) is 0 Å². The average molecular weight is 483 g/mol. The van der Waals surface area contributed by atoms with E-state index in [9.17, 15) is 24.0 Å². The number of carbonyl (C=O) groups is 5. The van der Waals surface area contributed by atoms with Crippen molar-refractivity contribution >= 4 is 40.7 Å². The van der Waals surface area contributed by atoms with Crippen LogP contribution in [0.1, 0.15) is 43.6 Å². The molecule has 0 aliphatic carbocycles. The van der Waals surface area contributed by atoms with Gasteiger partial charge >= 0.3 is 5.97 Å². The number of fused-ring (bicyclic) bond motifs is 1. The monoisotopic (exact) mass is 482 g/mol. The lowest BCUT2D eigenvalue weighted by Crippen LogP contribution is -2.54. The van der Waals surface area contributed by atoms with Crippen molar-refractivity contribution in [2.24, 2.45) is 0 Å². The SMILES string of the molecule is C=CC.C[C@H](NC(=O)c1nccc2ccccc12)C(=O)N1CCC[C@H]1C(=O)N[C@H](C=O)CC(=O)O. The third-order valence-electron chi connectivity index (χ3n) is 5.33. The molecule has 10 nitrogen and oxygen atoms in total. The van der Waals surface area contributed by atoms with Gasteiger partial charge in [-0.2, -0.15) is 0 Å². The van der Waals surface area contributed by atoms with Crippen LogP contribution >= 0.6 is 0 Å². The molecule has 3 atom stereocenters. The molecule has 186 valence electrons. The number of allylic oxidation sites excluding steroid dienone is 1. The number of amides is 3. The standard InChI is InChI=1S/C22H24N4O6.C3H6/c1-13(24-21(31)19-16-6-3-2-5-14(16)8-9-23-19)22(32)26-10-4-7-17(26)20(30)25-15(12-27)11-18(28)29;1-3-2/h2-3,5-6,8-9,12-13,15,17H,4,7,10-11H2,1H3,(H,24,31)(H,25,30)(H,28,29);3H,1H2,2H3/t13-,15-,17-;/m0./s1. The Balaban J connectivity index is 0.00000137. The Kier molecular flexibility index (Phi) is 10.1. The number of aldehydes is 1. The molecule has 1 aromatic carbocycles. The van der Waals surface area contributed by atoms with E-state index in [1.54, 1.807) is 24.3 Å². The number of hydrogen-bond donors (Lipinski definition) is 3. The first-order chi connectivity index (χ1) is 16.7. The van der Waals surface area contributed by atoms with Crippen molar-refractivity contribution in [3.63, 3.8) is 0 Å². The van der Waals surface area contributed by atoms with Crippen LogP contribution in [0.5, 0.6) is 0 Å². The van der Waals surface area contributed by atoms with Crippen molar-refractivity contribution in [1.82, 2.24) is 20.5 Å². The van der Waals surface area contributed by atoms with Gasteiger partial charge in [-0.15, -0.1) is 6.58 Å². The Morgan fingerprint density at radius 1 is 1.23 bits per heavy atom. The number of aliphatic carboxylic acids is 1. The summed E-state index contributed by atoms with van der Waals surface area (Å²) in [6.07, 6.45) is 4.03. The third kappa shape index (κ3) is 7.20. The van der Waals surface area contributed by atoms with E-state index < -0.39 is 48.2 Å². The van der Waals surface area contributed by atoms with Gasteiger partial charge in [0.25, 0.3) is 5.91 Å². The van der Waals surface area contributed by atoms with Crippen LogP contribution in [-0.2, 0) is 19.2 Å². The highest BCUT2D eigenvalue weighted by atomic mass is 16.4. The Bertz CT molecular complexity index is 1100. The molecular formula is C25H30N4O6. The minimum absolute atomic E-state index is 0.195. The van der Waals surface area contributed by atoms with E-state index >= 15 is 0 Å². The van der Waals surface area contributed by atoms with Gasteiger partial charge in [-0.05, 0) is 38.1 Å². The van der Waals surface area contributed by atoms with E-state index in [2.05, 4.69) is 22.2 Å². The predicted molar refractivity (Wildman–Crippen MR) is 130 cm³/mol. The van der Waals surface area contributed by atoms with Crippen LogP contribution in [0.3, 0.4) is 0 Å². The van der Waals surface area contributed by atoms with E-state index in [1.165, 1.54) is 18.0 Å². The summed E-state index contributed by atoms with van der Waals surface area (Å²) in [4.78, 5) is 65.7. The van der Waals surface area contributed by atoms with Gasteiger partial charge in [0.1, 0.15) is 24.1 Å². The van der Waals surface area contributed by atoms with Crippen molar-refractivity contribution in [1.29, 1.82) is 0 Å². The minimum Gasteiger partial charge on any atom is -0.481 e. The second-order valence-corrected chi connectivity index (χ2v) is 8.02. The second-order valence-electron chi connectivity index (χ2n) is 8.02. The number of hydrogen-bond acceptors (Lipinski definition) is 6. The molecule has 0 saturated carbocycles. The minimum atomic E-state index is -1.22. The summed E-state index contributed by atoms with van der Waals surface area (Å²) >= 11 is 0. The molecule has 1 saturated heterocycles. The lowest BCUT2D eigenvalue weighted by Gasteiger charge is -2.27. The second kappa shape index (κ2) is 13.0. The Hall–Kier alpha value is -4.08. The van der Waals surface area contributed by atoms with Gasteiger partial charge in [-0.1, -0.05) is 30.3 Å². The van der Waals surface area contributed by atoms with Gasteiger partial charge in [0.15, 0.2) is 0 Å². The maximum absolute atomic E-state index is 13.0. The number of benzene rings is 1. The highest BCUT2D eigenvalue weighted by molar-refractivity contribution is 6.06. The average Bonchev–Trinajstić information content (AvgIpc) is 3.33. The fourth-order valence-electron chi connectivity index (χ4n) is 3.78. The van der Waals surface area contributed by atoms with Gasteiger partial charge in [0.05, 0.1) is 12.5 Å². The summed E-state index contributed by atoms with van der Waals surface area (Å²) in [5.41, 5.74) is 0.195. The molecule has 35 heavy (non-hydrogen) atoms. The first-order valence-electron chi connectivity index (χ1n) is 11.2.